The standard InChI is InChI=1S/C5H8BNO2/c1-7-4(8)2-3-5(7)9-6/h5H,2-3H2,1H3. The summed E-state index contributed by atoms with van der Waals surface area (Å²) < 4.78 is 4.50. The molecule has 1 saturated heterocycles. The minimum Gasteiger partial charge on any atom is -0.429 e. The van der Waals surface area contributed by atoms with Gasteiger partial charge in [0.05, 0.1) is 0 Å². The van der Waals surface area contributed by atoms with Gasteiger partial charge in [0, 0.05) is 13.5 Å². The molecule has 0 spiro atoms. The molecule has 3 nitrogen and oxygen atoms in total. The van der Waals surface area contributed by atoms with Crippen LogP contribution in [0.1, 0.15) is 12.8 Å². The Morgan fingerprint density at radius 1 is 1.89 bits per heavy atom. The molecular weight excluding hydrogens is 117 g/mol. The Labute approximate surface area is 55.4 Å². The third kappa shape index (κ3) is 1.08. The minimum atomic E-state index is -0.197. The summed E-state index contributed by atoms with van der Waals surface area (Å²) in [6.45, 7) is 0. The van der Waals surface area contributed by atoms with Crippen LogP contribution in [0.2, 0.25) is 0 Å². The maximum atomic E-state index is 10.7. The molecule has 1 fully saturated rings. The molecule has 1 atom stereocenters. The molecule has 1 aliphatic heterocycles. The van der Waals surface area contributed by atoms with Gasteiger partial charge in [-0.2, -0.15) is 0 Å². The first-order valence-electron chi connectivity index (χ1n) is 2.87. The van der Waals surface area contributed by atoms with Crippen LogP contribution in [-0.2, 0) is 9.45 Å². The summed E-state index contributed by atoms with van der Waals surface area (Å²) in [4.78, 5) is 12.2. The molecule has 4 heteroatoms. The fraction of sp³-hybridized carbons (Fsp3) is 0.800. The molecule has 9 heavy (non-hydrogen) atoms. The van der Waals surface area contributed by atoms with E-state index in [-0.39, 0.29) is 12.1 Å². The highest BCUT2D eigenvalue weighted by molar-refractivity contribution is 5.98. The van der Waals surface area contributed by atoms with Gasteiger partial charge in [-0.3, -0.25) is 4.79 Å². The highest BCUT2D eigenvalue weighted by Gasteiger charge is 2.26. The van der Waals surface area contributed by atoms with Crippen LogP contribution < -0.4 is 0 Å². The van der Waals surface area contributed by atoms with Crippen molar-refractivity contribution in [3.05, 3.63) is 0 Å². The lowest BCUT2D eigenvalue weighted by atomic mass is 10.3. The van der Waals surface area contributed by atoms with E-state index in [0.717, 1.165) is 0 Å². The van der Waals surface area contributed by atoms with E-state index in [1.165, 1.54) is 4.90 Å². The number of carbonyl (C=O) groups is 1. The average molecular weight is 125 g/mol. The van der Waals surface area contributed by atoms with Gasteiger partial charge in [0.15, 0.2) is 0 Å². The third-order valence-electron chi connectivity index (χ3n) is 1.59. The van der Waals surface area contributed by atoms with Gasteiger partial charge in [0.25, 0.3) is 8.05 Å². The lowest BCUT2D eigenvalue weighted by Crippen LogP contribution is -2.30. The molecule has 0 N–H and O–H groups in total. The van der Waals surface area contributed by atoms with Crippen molar-refractivity contribution in [2.75, 3.05) is 7.05 Å². The maximum Gasteiger partial charge on any atom is 0.285 e. The van der Waals surface area contributed by atoms with E-state index in [0.29, 0.717) is 12.8 Å². The minimum absolute atomic E-state index is 0.102. The van der Waals surface area contributed by atoms with E-state index in [1.54, 1.807) is 7.05 Å². The van der Waals surface area contributed by atoms with Crippen LogP contribution in [-0.4, -0.2) is 32.1 Å². The van der Waals surface area contributed by atoms with Gasteiger partial charge < -0.3 is 9.55 Å². The van der Waals surface area contributed by atoms with Crippen molar-refractivity contribution in [1.82, 2.24) is 4.90 Å². The summed E-state index contributed by atoms with van der Waals surface area (Å²) in [5, 5.41) is 0. The molecule has 1 aliphatic rings. The van der Waals surface area contributed by atoms with Crippen LogP contribution >= 0.6 is 0 Å². The second kappa shape index (κ2) is 2.39. The zero-order chi connectivity index (χ0) is 6.85. The van der Waals surface area contributed by atoms with Gasteiger partial charge in [-0.1, -0.05) is 0 Å². The molecule has 0 aromatic carbocycles. The second-order valence-corrected chi connectivity index (χ2v) is 2.13. The normalized spacial score (nSPS) is 27.4. The van der Waals surface area contributed by atoms with Crippen LogP contribution in [0.15, 0.2) is 0 Å². The number of rotatable bonds is 1. The molecule has 0 saturated carbocycles. The monoisotopic (exact) mass is 125 g/mol. The largest absolute Gasteiger partial charge is 0.429 e. The van der Waals surface area contributed by atoms with Crippen molar-refractivity contribution < 1.29 is 9.45 Å². The van der Waals surface area contributed by atoms with E-state index >= 15 is 0 Å². The van der Waals surface area contributed by atoms with Crippen molar-refractivity contribution in [2.24, 2.45) is 0 Å². The van der Waals surface area contributed by atoms with E-state index < -0.39 is 0 Å². The Morgan fingerprint density at radius 3 is 2.78 bits per heavy atom. The highest BCUT2D eigenvalue weighted by atomic mass is 16.5. The highest BCUT2D eigenvalue weighted by Crippen LogP contribution is 2.15. The van der Waals surface area contributed by atoms with Crippen LogP contribution in [0.3, 0.4) is 0 Å². The fourth-order valence-corrected chi connectivity index (χ4v) is 0.937. The Bertz CT molecular complexity index is 128. The number of carbonyl (C=O) groups excluding carboxylic acids is 1. The molecule has 1 unspecified atom stereocenters. The van der Waals surface area contributed by atoms with Crippen LogP contribution in [0, 0.1) is 0 Å². The van der Waals surface area contributed by atoms with Gasteiger partial charge in [0.2, 0.25) is 5.91 Å². The van der Waals surface area contributed by atoms with Crippen molar-refractivity contribution in [3.8, 4) is 0 Å². The van der Waals surface area contributed by atoms with Gasteiger partial charge in [-0.25, -0.2) is 0 Å². The Kier molecular flexibility index (Phi) is 1.76. The van der Waals surface area contributed by atoms with Crippen LogP contribution in [0.25, 0.3) is 0 Å². The molecule has 1 amide bonds. The molecular formula is C5H8BNO2. The van der Waals surface area contributed by atoms with Crippen LogP contribution in [0.4, 0.5) is 0 Å². The molecule has 1 heterocycles. The summed E-state index contributed by atoms with van der Waals surface area (Å²) in [5.41, 5.74) is 0. The SMILES string of the molecule is [B]OC1CCC(=O)N1C. The van der Waals surface area contributed by atoms with Crippen molar-refractivity contribution in [3.63, 3.8) is 0 Å². The average Bonchev–Trinajstić information content (AvgIpc) is 2.15. The Hall–Kier alpha value is -0.505. The first kappa shape index (κ1) is 6.61. The number of nitrogens with zero attached hydrogens (tertiary/aromatic N) is 1. The molecule has 0 aliphatic carbocycles. The predicted molar refractivity (Wildman–Crippen MR) is 32.6 cm³/mol. The molecule has 2 radical (unpaired) electrons. The lowest BCUT2D eigenvalue weighted by molar-refractivity contribution is -0.130. The third-order valence-corrected chi connectivity index (χ3v) is 1.59. The van der Waals surface area contributed by atoms with Gasteiger partial charge in [-0.05, 0) is 6.42 Å². The number of hydrogen-bond donors (Lipinski definition) is 0. The fourth-order valence-electron chi connectivity index (χ4n) is 0.937. The molecule has 0 aromatic rings. The first-order chi connectivity index (χ1) is 4.25. The smallest absolute Gasteiger partial charge is 0.285 e. The van der Waals surface area contributed by atoms with Crippen molar-refractivity contribution in [2.45, 2.75) is 19.1 Å². The summed E-state index contributed by atoms with van der Waals surface area (Å²) in [6.07, 6.45) is 1.07. The zero-order valence-electron chi connectivity index (χ0n) is 5.33. The second-order valence-electron chi connectivity index (χ2n) is 2.13. The quantitative estimate of drug-likeness (QED) is 0.449. The maximum absolute atomic E-state index is 10.7. The molecule has 1 rings (SSSR count). The summed E-state index contributed by atoms with van der Waals surface area (Å²) in [5.74, 6) is 0.102. The lowest BCUT2D eigenvalue weighted by Gasteiger charge is -2.17. The summed E-state index contributed by atoms with van der Waals surface area (Å²) in [7, 11) is 6.58. The summed E-state index contributed by atoms with van der Waals surface area (Å²) in [6, 6.07) is 0. The van der Waals surface area contributed by atoms with Gasteiger partial charge in [0.1, 0.15) is 6.23 Å². The number of likely N-dealkylation sites (tertiary alicyclic amines) is 1. The Morgan fingerprint density at radius 2 is 2.56 bits per heavy atom. The van der Waals surface area contributed by atoms with E-state index in [1.807, 2.05) is 0 Å². The topological polar surface area (TPSA) is 29.5 Å². The molecule has 48 valence electrons. The Balaban J connectivity index is 2.51. The summed E-state index contributed by atoms with van der Waals surface area (Å²) >= 11 is 0. The number of hydrogen-bond acceptors (Lipinski definition) is 2. The van der Waals surface area contributed by atoms with E-state index in [2.05, 4.69) is 4.65 Å². The van der Waals surface area contributed by atoms with Gasteiger partial charge in [-0.15, -0.1) is 0 Å². The zero-order valence-corrected chi connectivity index (χ0v) is 5.33. The van der Waals surface area contributed by atoms with E-state index in [9.17, 15) is 4.79 Å². The van der Waals surface area contributed by atoms with E-state index in [4.69, 9.17) is 8.05 Å². The van der Waals surface area contributed by atoms with Crippen molar-refractivity contribution >= 4 is 14.0 Å². The van der Waals surface area contributed by atoms with Gasteiger partial charge >= 0.3 is 0 Å². The molecule has 0 bridgehead atoms. The van der Waals surface area contributed by atoms with Crippen molar-refractivity contribution in [1.29, 1.82) is 0 Å². The first-order valence-corrected chi connectivity index (χ1v) is 2.87. The predicted octanol–water partition coefficient (Wildman–Crippen LogP) is -0.335. The van der Waals surface area contributed by atoms with Crippen LogP contribution in [0.5, 0.6) is 0 Å². The number of amides is 1. The molecule has 0 aromatic heterocycles.